The zero-order valence-electron chi connectivity index (χ0n) is 7.58. The zero-order valence-corrected chi connectivity index (χ0v) is 8.40. The second-order valence-corrected chi connectivity index (χ2v) is 5.13. The van der Waals surface area contributed by atoms with Crippen molar-refractivity contribution in [3.8, 4) is 0 Å². The van der Waals surface area contributed by atoms with Gasteiger partial charge in [-0.25, -0.2) is 0 Å². The molecule has 0 spiro atoms. The lowest BCUT2D eigenvalue weighted by Crippen LogP contribution is -2.43. The first kappa shape index (κ1) is 8.27. The van der Waals surface area contributed by atoms with Gasteiger partial charge in [0.15, 0.2) is 0 Å². The van der Waals surface area contributed by atoms with Gasteiger partial charge in [-0.1, -0.05) is 6.92 Å². The van der Waals surface area contributed by atoms with Crippen molar-refractivity contribution >= 4 is 11.3 Å². The molecule has 2 rings (SSSR count). The Kier molecular flexibility index (Phi) is 1.97. The van der Waals surface area contributed by atoms with Gasteiger partial charge in [0.05, 0.1) is 0 Å². The van der Waals surface area contributed by atoms with E-state index in [0.717, 1.165) is 5.92 Å². The van der Waals surface area contributed by atoms with Crippen LogP contribution in [0.3, 0.4) is 0 Å². The minimum Gasteiger partial charge on any atom is -0.327 e. The highest BCUT2D eigenvalue weighted by molar-refractivity contribution is 7.12. The van der Waals surface area contributed by atoms with Crippen molar-refractivity contribution in [3.05, 3.63) is 21.9 Å². The fourth-order valence-electron chi connectivity index (χ4n) is 1.85. The molecule has 0 aliphatic heterocycles. The normalized spacial score (nSPS) is 34.8. The molecule has 0 saturated heterocycles. The molecule has 0 bridgehead atoms. The van der Waals surface area contributed by atoms with Gasteiger partial charge in [-0.15, -0.1) is 11.3 Å². The molecule has 0 amide bonds. The minimum atomic E-state index is 0.442. The highest BCUT2D eigenvalue weighted by atomic mass is 32.1. The Morgan fingerprint density at radius 1 is 1.50 bits per heavy atom. The van der Waals surface area contributed by atoms with Crippen molar-refractivity contribution < 1.29 is 0 Å². The Morgan fingerprint density at radius 3 is 2.67 bits per heavy atom. The molecule has 0 aromatic carbocycles. The van der Waals surface area contributed by atoms with Crippen LogP contribution in [0.2, 0.25) is 0 Å². The predicted octanol–water partition coefficient (Wildman–Crippen LogP) is 2.51. The van der Waals surface area contributed by atoms with Gasteiger partial charge in [0.2, 0.25) is 0 Å². The monoisotopic (exact) mass is 181 g/mol. The Hall–Kier alpha value is -0.340. The lowest BCUT2D eigenvalue weighted by Gasteiger charge is -2.39. The van der Waals surface area contributed by atoms with Crippen molar-refractivity contribution in [3.63, 3.8) is 0 Å². The van der Waals surface area contributed by atoms with Crippen molar-refractivity contribution in [2.24, 2.45) is 11.7 Å². The van der Waals surface area contributed by atoms with Crippen LogP contribution in [-0.2, 0) is 0 Å². The zero-order chi connectivity index (χ0) is 8.72. The molecule has 1 aliphatic carbocycles. The summed E-state index contributed by atoms with van der Waals surface area (Å²) in [5.41, 5.74) is 5.86. The molecule has 2 N–H and O–H groups in total. The van der Waals surface area contributed by atoms with Crippen LogP contribution in [0.25, 0.3) is 0 Å². The first-order valence-corrected chi connectivity index (χ1v) is 5.32. The second-order valence-electron chi connectivity index (χ2n) is 3.81. The molecule has 1 nitrogen and oxygen atoms in total. The van der Waals surface area contributed by atoms with Crippen molar-refractivity contribution in [2.75, 3.05) is 0 Å². The maximum Gasteiger partial charge on any atom is 0.00828 e. The van der Waals surface area contributed by atoms with Crippen LogP contribution in [0.15, 0.2) is 12.1 Å². The number of hydrogen-bond donors (Lipinski definition) is 1. The molecule has 1 aliphatic rings. The summed E-state index contributed by atoms with van der Waals surface area (Å²) in [7, 11) is 0. The first-order chi connectivity index (χ1) is 5.68. The Bertz CT molecular complexity index is 279. The number of aryl methyl sites for hydroxylation is 1. The van der Waals surface area contributed by atoms with Gasteiger partial charge >= 0.3 is 0 Å². The largest absolute Gasteiger partial charge is 0.327 e. The van der Waals surface area contributed by atoms with E-state index in [4.69, 9.17) is 5.73 Å². The van der Waals surface area contributed by atoms with E-state index in [0.29, 0.717) is 12.0 Å². The van der Waals surface area contributed by atoms with E-state index in [1.165, 1.54) is 16.2 Å². The maximum absolute atomic E-state index is 5.86. The van der Waals surface area contributed by atoms with Crippen LogP contribution in [-0.4, -0.2) is 6.04 Å². The summed E-state index contributed by atoms with van der Waals surface area (Å²) in [5, 5.41) is 0. The van der Waals surface area contributed by atoms with Crippen molar-refractivity contribution in [1.29, 1.82) is 0 Å². The SMILES string of the molecule is Cc1ccc(C2CC(N)C2C)s1. The van der Waals surface area contributed by atoms with Gasteiger partial charge in [0.25, 0.3) is 0 Å². The van der Waals surface area contributed by atoms with Crippen LogP contribution in [0, 0.1) is 12.8 Å². The van der Waals surface area contributed by atoms with Crippen LogP contribution in [0.5, 0.6) is 0 Å². The summed E-state index contributed by atoms with van der Waals surface area (Å²) >= 11 is 1.92. The summed E-state index contributed by atoms with van der Waals surface area (Å²) in [5.74, 6) is 1.43. The first-order valence-electron chi connectivity index (χ1n) is 4.50. The summed E-state index contributed by atoms with van der Waals surface area (Å²) in [6.07, 6.45) is 1.18. The quantitative estimate of drug-likeness (QED) is 0.708. The molecule has 3 unspecified atom stereocenters. The van der Waals surface area contributed by atoms with Gasteiger partial charge in [0.1, 0.15) is 0 Å². The van der Waals surface area contributed by atoms with E-state index in [1.807, 2.05) is 11.3 Å². The minimum absolute atomic E-state index is 0.442. The van der Waals surface area contributed by atoms with Gasteiger partial charge in [-0.2, -0.15) is 0 Å². The molecular formula is C10H15NS. The van der Waals surface area contributed by atoms with Crippen LogP contribution < -0.4 is 5.73 Å². The molecule has 12 heavy (non-hydrogen) atoms. The highest BCUT2D eigenvalue weighted by Crippen LogP contribution is 2.43. The van der Waals surface area contributed by atoms with E-state index in [1.54, 1.807) is 0 Å². The lowest BCUT2D eigenvalue weighted by atomic mass is 9.70. The maximum atomic E-state index is 5.86. The Labute approximate surface area is 77.6 Å². The Morgan fingerprint density at radius 2 is 2.25 bits per heavy atom. The second kappa shape index (κ2) is 2.86. The Balaban J connectivity index is 2.12. The highest BCUT2D eigenvalue weighted by Gasteiger charge is 2.36. The average Bonchev–Trinajstić information content (AvgIpc) is 2.46. The van der Waals surface area contributed by atoms with Crippen LogP contribution in [0.1, 0.15) is 29.0 Å². The van der Waals surface area contributed by atoms with Crippen LogP contribution in [0.4, 0.5) is 0 Å². The number of thiophene rings is 1. The molecule has 1 aromatic rings. The fraction of sp³-hybridized carbons (Fsp3) is 0.600. The lowest BCUT2D eigenvalue weighted by molar-refractivity contribution is 0.230. The van der Waals surface area contributed by atoms with Gasteiger partial charge in [0, 0.05) is 15.8 Å². The summed E-state index contributed by atoms with van der Waals surface area (Å²) in [6, 6.07) is 4.90. The van der Waals surface area contributed by atoms with E-state index >= 15 is 0 Å². The predicted molar refractivity (Wildman–Crippen MR) is 53.6 cm³/mol. The van der Waals surface area contributed by atoms with Gasteiger partial charge in [-0.05, 0) is 37.3 Å². The third-order valence-electron chi connectivity index (χ3n) is 2.96. The average molecular weight is 181 g/mol. The third kappa shape index (κ3) is 1.19. The molecule has 2 heteroatoms. The molecule has 66 valence electrons. The standard InChI is InChI=1S/C10H15NS/c1-6-3-4-10(12-6)8-5-9(11)7(8)2/h3-4,7-9H,5,11H2,1-2H3. The smallest absolute Gasteiger partial charge is 0.00828 e. The molecule has 0 radical (unpaired) electrons. The van der Waals surface area contributed by atoms with Gasteiger partial charge < -0.3 is 5.73 Å². The summed E-state index contributed by atoms with van der Waals surface area (Å²) < 4.78 is 0. The topological polar surface area (TPSA) is 26.0 Å². The summed E-state index contributed by atoms with van der Waals surface area (Å²) in [4.78, 5) is 2.94. The van der Waals surface area contributed by atoms with Crippen molar-refractivity contribution in [1.82, 2.24) is 0 Å². The van der Waals surface area contributed by atoms with E-state index < -0.39 is 0 Å². The van der Waals surface area contributed by atoms with E-state index in [9.17, 15) is 0 Å². The molecular weight excluding hydrogens is 166 g/mol. The number of rotatable bonds is 1. The van der Waals surface area contributed by atoms with Crippen LogP contribution >= 0.6 is 11.3 Å². The molecule has 1 fully saturated rings. The van der Waals surface area contributed by atoms with Crippen molar-refractivity contribution in [2.45, 2.75) is 32.2 Å². The molecule has 1 saturated carbocycles. The summed E-state index contributed by atoms with van der Waals surface area (Å²) in [6.45, 7) is 4.42. The fourth-order valence-corrected chi connectivity index (χ4v) is 2.96. The van der Waals surface area contributed by atoms with Gasteiger partial charge in [-0.3, -0.25) is 0 Å². The molecule has 1 aromatic heterocycles. The van der Waals surface area contributed by atoms with E-state index in [2.05, 4.69) is 26.0 Å². The third-order valence-corrected chi connectivity index (χ3v) is 4.10. The number of hydrogen-bond acceptors (Lipinski definition) is 2. The molecule has 3 atom stereocenters. The van der Waals surface area contributed by atoms with E-state index in [-0.39, 0.29) is 0 Å². The molecule has 1 heterocycles. The number of nitrogens with two attached hydrogens (primary N) is 1.